The molecule has 1 aliphatic heterocycles. The van der Waals surface area contributed by atoms with Crippen LogP contribution in [-0.2, 0) is 0 Å². The van der Waals surface area contributed by atoms with Gasteiger partial charge >= 0.3 is 0 Å². The molecule has 0 amide bonds. The van der Waals surface area contributed by atoms with Gasteiger partial charge in [-0.15, -0.1) is 0 Å². The minimum Gasteiger partial charge on any atom is -0.301 e. The van der Waals surface area contributed by atoms with Crippen LogP contribution < -0.4 is 0 Å². The molecule has 0 aromatic heterocycles. The van der Waals surface area contributed by atoms with E-state index < -0.39 is 0 Å². The Hall–Kier alpha value is -0.0800. The molecule has 66 valence electrons. The number of nitrogens with zero attached hydrogens (tertiary/aromatic N) is 2. The zero-order chi connectivity index (χ0) is 8.48. The third-order valence-electron chi connectivity index (χ3n) is 3.02. The van der Waals surface area contributed by atoms with Crippen LogP contribution in [0.5, 0.6) is 0 Å². The van der Waals surface area contributed by atoms with Gasteiger partial charge in [-0.2, -0.15) is 0 Å². The molecule has 0 aromatic rings. The summed E-state index contributed by atoms with van der Waals surface area (Å²) >= 11 is 0. The topological polar surface area (TPSA) is 3.24 Å². The molecule has 0 saturated carbocycles. The second kappa shape index (κ2) is 3.11. The molecule has 2 heteroatoms. The zero-order valence-electron chi connectivity index (χ0n) is 8.30. The Bertz CT molecular complexity index is 128. The number of hydrogen-bond acceptors (Lipinski definition) is 1. The first-order valence-electron chi connectivity index (χ1n) is 4.69. The van der Waals surface area contributed by atoms with E-state index in [1.54, 1.807) is 0 Å². The van der Waals surface area contributed by atoms with Gasteiger partial charge in [-0.3, -0.25) is 0 Å². The van der Waals surface area contributed by atoms with Crippen LogP contribution in [0.3, 0.4) is 0 Å². The molecule has 0 bridgehead atoms. The van der Waals surface area contributed by atoms with E-state index in [0.717, 1.165) is 6.04 Å². The van der Waals surface area contributed by atoms with Crippen molar-refractivity contribution in [3.05, 3.63) is 0 Å². The number of quaternary nitrogens is 1. The van der Waals surface area contributed by atoms with E-state index in [-0.39, 0.29) is 0 Å². The van der Waals surface area contributed by atoms with E-state index in [9.17, 15) is 0 Å². The summed E-state index contributed by atoms with van der Waals surface area (Å²) in [5.74, 6) is 0. The largest absolute Gasteiger partial charge is 0.301 e. The highest BCUT2D eigenvalue weighted by Crippen LogP contribution is 2.20. The molecule has 1 fully saturated rings. The standard InChI is InChI=1S/C9H21N2/c1-5-9(3)10-7-11(4,6-2)8-10/h9H,5-8H2,1-4H3/q+1. The van der Waals surface area contributed by atoms with E-state index in [1.165, 1.54) is 30.8 Å². The molecule has 11 heavy (non-hydrogen) atoms. The average Bonchev–Trinajstić information content (AvgIpc) is 1.97. The lowest BCUT2D eigenvalue weighted by Gasteiger charge is -2.51. The predicted molar refractivity (Wildman–Crippen MR) is 48.1 cm³/mol. The fourth-order valence-corrected chi connectivity index (χ4v) is 1.57. The highest BCUT2D eigenvalue weighted by molar-refractivity contribution is 4.64. The smallest absolute Gasteiger partial charge is 0.140 e. The molecular formula is C9H21N2+. The van der Waals surface area contributed by atoms with Gasteiger partial charge in [0.1, 0.15) is 13.3 Å². The summed E-state index contributed by atoms with van der Waals surface area (Å²) in [6, 6.07) is 0.785. The van der Waals surface area contributed by atoms with Gasteiger partial charge in [0, 0.05) is 6.04 Å². The molecule has 1 heterocycles. The van der Waals surface area contributed by atoms with Crippen LogP contribution in [0.15, 0.2) is 0 Å². The SMILES string of the molecule is CCC(C)N1C[N+](C)(CC)C1. The van der Waals surface area contributed by atoms with Gasteiger partial charge in [-0.05, 0) is 20.3 Å². The van der Waals surface area contributed by atoms with Crippen molar-refractivity contribution in [3.8, 4) is 0 Å². The van der Waals surface area contributed by atoms with Gasteiger partial charge in [0.25, 0.3) is 0 Å². The average molecular weight is 157 g/mol. The van der Waals surface area contributed by atoms with Crippen LogP contribution in [0, 0.1) is 0 Å². The summed E-state index contributed by atoms with van der Waals surface area (Å²) in [5.41, 5.74) is 0. The minimum atomic E-state index is 0.785. The van der Waals surface area contributed by atoms with Crippen molar-refractivity contribution >= 4 is 0 Å². The lowest BCUT2D eigenvalue weighted by molar-refractivity contribution is -0.979. The van der Waals surface area contributed by atoms with E-state index in [1.807, 2.05) is 0 Å². The molecule has 1 rings (SSSR count). The highest BCUT2D eigenvalue weighted by atomic mass is 15.6. The first-order chi connectivity index (χ1) is 5.11. The minimum absolute atomic E-state index is 0.785. The molecule has 0 N–H and O–H groups in total. The van der Waals surface area contributed by atoms with Crippen LogP contribution in [0.4, 0.5) is 0 Å². The lowest BCUT2D eigenvalue weighted by Crippen LogP contribution is -2.68. The van der Waals surface area contributed by atoms with Crippen molar-refractivity contribution in [2.75, 3.05) is 26.9 Å². The quantitative estimate of drug-likeness (QED) is 0.561. The molecule has 0 aliphatic carbocycles. The van der Waals surface area contributed by atoms with Gasteiger partial charge in [0.15, 0.2) is 0 Å². The Morgan fingerprint density at radius 3 is 2.27 bits per heavy atom. The Morgan fingerprint density at radius 2 is 1.91 bits per heavy atom. The van der Waals surface area contributed by atoms with Crippen molar-refractivity contribution < 1.29 is 4.48 Å². The molecule has 1 aliphatic rings. The molecule has 1 unspecified atom stereocenters. The maximum absolute atomic E-state index is 2.56. The molecule has 0 radical (unpaired) electrons. The zero-order valence-corrected chi connectivity index (χ0v) is 8.30. The Morgan fingerprint density at radius 1 is 1.36 bits per heavy atom. The fraction of sp³-hybridized carbons (Fsp3) is 1.00. The summed E-state index contributed by atoms with van der Waals surface area (Å²) in [4.78, 5) is 2.56. The third-order valence-corrected chi connectivity index (χ3v) is 3.02. The highest BCUT2D eigenvalue weighted by Gasteiger charge is 2.38. The Labute approximate surface area is 70.4 Å². The van der Waals surface area contributed by atoms with Crippen LogP contribution >= 0.6 is 0 Å². The second-order valence-electron chi connectivity index (χ2n) is 4.06. The lowest BCUT2D eigenvalue weighted by atomic mass is 10.2. The molecule has 1 atom stereocenters. The van der Waals surface area contributed by atoms with Crippen molar-refractivity contribution in [2.45, 2.75) is 33.2 Å². The van der Waals surface area contributed by atoms with E-state index in [4.69, 9.17) is 0 Å². The van der Waals surface area contributed by atoms with Gasteiger partial charge in [-0.25, -0.2) is 4.90 Å². The Balaban J connectivity index is 2.28. The van der Waals surface area contributed by atoms with E-state index >= 15 is 0 Å². The van der Waals surface area contributed by atoms with Crippen molar-refractivity contribution in [3.63, 3.8) is 0 Å². The van der Waals surface area contributed by atoms with Crippen LogP contribution in [0.25, 0.3) is 0 Å². The third kappa shape index (κ3) is 1.74. The van der Waals surface area contributed by atoms with Crippen molar-refractivity contribution in [2.24, 2.45) is 0 Å². The van der Waals surface area contributed by atoms with Gasteiger partial charge < -0.3 is 4.48 Å². The van der Waals surface area contributed by atoms with Gasteiger partial charge in [-0.1, -0.05) is 6.92 Å². The number of rotatable bonds is 3. The van der Waals surface area contributed by atoms with E-state index in [0.29, 0.717) is 0 Å². The predicted octanol–water partition coefficient (Wildman–Crippen LogP) is 1.48. The summed E-state index contributed by atoms with van der Waals surface area (Å²) in [6.45, 7) is 10.6. The van der Waals surface area contributed by atoms with Crippen LogP contribution in [0.2, 0.25) is 0 Å². The summed E-state index contributed by atoms with van der Waals surface area (Å²) in [5, 5.41) is 0. The normalized spacial score (nSPS) is 26.2. The Kier molecular flexibility index (Phi) is 2.55. The molecule has 0 aromatic carbocycles. The van der Waals surface area contributed by atoms with Crippen molar-refractivity contribution in [1.29, 1.82) is 0 Å². The van der Waals surface area contributed by atoms with Gasteiger partial charge in [0.05, 0.1) is 13.6 Å². The molecule has 0 spiro atoms. The molecular weight excluding hydrogens is 136 g/mol. The summed E-state index contributed by atoms with van der Waals surface area (Å²) in [7, 11) is 2.33. The first kappa shape index (κ1) is 9.01. The summed E-state index contributed by atoms with van der Waals surface area (Å²) in [6.07, 6.45) is 1.28. The maximum atomic E-state index is 2.56. The molecule has 2 nitrogen and oxygen atoms in total. The number of hydrogen-bond donors (Lipinski definition) is 0. The van der Waals surface area contributed by atoms with Gasteiger partial charge in [0.2, 0.25) is 0 Å². The fourth-order valence-electron chi connectivity index (χ4n) is 1.57. The summed E-state index contributed by atoms with van der Waals surface area (Å²) < 4.78 is 1.24. The monoisotopic (exact) mass is 157 g/mol. The second-order valence-corrected chi connectivity index (χ2v) is 4.06. The van der Waals surface area contributed by atoms with E-state index in [2.05, 4.69) is 32.7 Å². The van der Waals surface area contributed by atoms with Crippen LogP contribution in [-0.4, -0.2) is 42.4 Å². The van der Waals surface area contributed by atoms with Crippen LogP contribution in [0.1, 0.15) is 27.2 Å². The maximum Gasteiger partial charge on any atom is 0.140 e. The van der Waals surface area contributed by atoms with Crippen molar-refractivity contribution in [1.82, 2.24) is 4.90 Å². The first-order valence-corrected chi connectivity index (χ1v) is 4.69. The molecule has 1 saturated heterocycles.